The van der Waals surface area contributed by atoms with Crippen molar-refractivity contribution in [2.75, 3.05) is 13.1 Å². The molecule has 2 aliphatic heterocycles. The van der Waals surface area contributed by atoms with Crippen LogP contribution in [0.25, 0.3) is 0 Å². The molecular formula is C18H25ClN4O3. The predicted octanol–water partition coefficient (Wildman–Crippen LogP) is 1.36. The van der Waals surface area contributed by atoms with Crippen molar-refractivity contribution >= 4 is 30.3 Å². The van der Waals surface area contributed by atoms with Crippen molar-refractivity contribution in [3.8, 4) is 0 Å². The number of carbonyl (C=O) groups is 3. The van der Waals surface area contributed by atoms with E-state index in [4.69, 9.17) is 5.73 Å². The van der Waals surface area contributed by atoms with E-state index in [0.29, 0.717) is 30.1 Å². The van der Waals surface area contributed by atoms with Gasteiger partial charge in [-0.25, -0.2) is 4.79 Å². The van der Waals surface area contributed by atoms with Crippen LogP contribution in [0.1, 0.15) is 42.6 Å². The molecule has 2 fully saturated rings. The van der Waals surface area contributed by atoms with Gasteiger partial charge in [0, 0.05) is 24.7 Å². The monoisotopic (exact) mass is 380 g/mol. The zero-order valence-corrected chi connectivity index (χ0v) is 15.8. The molecule has 0 spiro atoms. The van der Waals surface area contributed by atoms with Crippen molar-refractivity contribution < 1.29 is 14.4 Å². The van der Waals surface area contributed by atoms with Crippen molar-refractivity contribution in [2.45, 2.75) is 38.3 Å². The first-order chi connectivity index (χ1) is 11.8. The summed E-state index contributed by atoms with van der Waals surface area (Å²) < 4.78 is 0. The van der Waals surface area contributed by atoms with Crippen molar-refractivity contribution in [1.29, 1.82) is 0 Å². The van der Waals surface area contributed by atoms with Crippen LogP contribution in [0.5, 0.6) is 0 Å². The number of hydrogen-bond acceptors (Lipinski definition) is 4. The molecule has 0 radical (unpaired) electrons. The van der Waals surface area contributed by atoms with Gasteiger partial charge in [-0.2, -0.15) is 0 Å². The Morgan fingerprint density at radius 2 is 1.96 bits per heavy atom. The summed E-state index contributed by atoms with van der Waals surface area (Å²) in [5.74, 6) is 0.133. The lowest BCUT2D eigenvalue weighted by atomic mass is 9.90. The third kappa shape index (κ3) is 3.54. The van der Waals surface area contributed by atoms with Crippen LogP contribution in [0.2, 0.25) is 0 Å². The third-order valence-corrected chi connectivity index (χ3v) is 5.26. The largest absolute Gasteiger partial charge is 0.334 e. The molecule has 0 aliphatic carbocycles. The van der Waals surface area contributed by atoms with Gasteiger partial charge in [0.1, 0.15) is 5.54 Å². The number of carbonyl (C=O) groups excluding carboxylic acids is 3. The van der Waals surface area contributed by atoms with Crippen molar-refractivity contribution in [2.24, 2.45) is 11.7 Å². The first-order valence-corrected chi connectivity index (χ1v) is 8.60. The molecule has 2 heterocycles. The fourth-order valence-corrected chi connectivity index (χ4v) is 3.60. The van der Waals surface area contributed by atoms with Crippen molar-refractivity contribution in [1.82, 2.24) is 15.5 Å². The summed E-state index contributed by atoms with van der Waals surface area (Å²) in [7, 11) is 0. The van der Waals surface area contributed by atoms with Gasteiger partial charge in [-0.1, -0.05) is 19.1 Å². The summed E-state index contributed by atoms with van der Waals surface area (Å²) in [6, 6.07) is 6.37. The average molecular weight is 381 g/mol. The fraction of sp³-hybridized carbons (Fsp3) is 0.500. The number of hydrogen-bond donors (Lipinski definition) is 3. The SMILES string of the molecule is CC1CCN(C(=O)c2ccc(C3(C)NC(=O)NC3=O)cc2)C(CN)C1.Cl. The minimum atomic E-state index is -1.11. The topological polar surface area (TPSA) is 105 Å². The Balaban J connectivity index is 0.00000243. The van der Waals surface area contributed by atoms with Crippen LogP contribution < -0.4 is 16.4 Å². The molecule has 3 atom stereocenters. The lowest BCUT2D eigenvalue weighted by Gasteiger charge is -2.38. The van der Waals surface area contributed by atoms with Crippen LogP contribution >= 0.6 is 12.4 Å². The quantitative estimate of drug-likeness (QED) is 0.688. The second kappa shape index (κ2) is 7.63. The number of urea groups is 1. The van der Waals surface area contributed by atoms with E-state index in [-0.39, 0.29) is 24.4 Å². The summed E-state index contributed by atoms with van der Waals surface area (Å²) in [6.07, 6.45) is 1.90. The molecule has 4 N–H and O–H groups in total. The molecule has 2 aliphatic rings. The van der Waals surface area contributed by atoms with Gasteiger partial charge >= 0.3 is 6.03 Å². The van der Waals surface area contributed by atoms with Gasteiger partial charge in [-0.05, 0) is 43.4 Å². The van der Waals surface area contributed by atoms with Crippen molar-refractivity contribution in [3.05, 3.63) is 35.4 Å². The minimum absolute atomic E-state index is 0. The predicted molar refractivity (Wildman–Crippen MR) is 100.0 cm³/mol. The van der Waals surface area contributed by atoms with E-state index in [2.05, 4.69) is 17.6 Å². The van der Waals surface area contributed by atoms with Gasteiger partial charge in [-0.15, -0.1) is 12.4 Å². The summed E-state index contributed by atoms with van der Waals surface area (Å²) in [5.41, 5.74) is 5.93. The van der Waals surface area contributed by atoms with Crippen LogP contribution in [0, 0.1) is 5.92 Å². The van der Waals surface area contributed by atoms with Gasteiger partial charge < -0.3 is 16.0 Å². The Kier molecular flexibility index (Phi) is 5.93. The third-order valence-electron chi connectivity index (χ3n) is 5.26. The molecule has 8 heteroatoms. The van der Waals surface area contributed by atoms with E-state index in [1.54, 1.807) is 31.2 Å². The van der Waals surface area contributed by atoms with Gasteiger partial charge in [0.25, 0.3) is 11.8 Å². The van der Waals surface area contributed by atoms with E-state index >= 15 is 0 Å². The molecule has 142 valence electrons. The second-order valence-corrected chi connectivity index (χ2v) is 7.13. The normalized spacial score (nSPS) is 28.2. The Morgan fingerprint density at radius 3 is 2.50 bits per heavy atom. The lowest BCUT2D eigenvalue weighted by molar-refractivity contribution is -0.123. The highest BCUT2D eigenvalue weighted by Gasteiger charge is 2.43. The summed E-state index contributed by atoms with van der Waals surface area (Å²) >= 11 is 0. The standard InChI is InChI=1S/C18H24N4O3.ClH/c1-11-7-8-22(14(9-11)10-19)15(23)12-3-5-13(6-4-12)18(2)16(24)20-17(25)21-18;/h3-6,11,14H,7-10,19H2,1-2H3,(H2,20,21,24,25);1H. The van der Waals surface area contributed by atoms with E-state index in [1.165, 1.54) is 0 Å². The second-order valence-electron chi connectivity index (χ2n) is 7.13. The maximum absolute atomic E-state index is 12.8. The Bertz CT molecular complexity index is 709. The van der Waals surface area contributed by atoms with Gasteiger partial charge in [0.05, 0.1) is 0 Å². The number of likely N-dealkylation sites (tertiary alicyclic amines) is 1. The summed E-state index contributed by atoms with van der Waals surface area (Å²) in [6.45, 7) is 4.99. The summed E-state index contributed by atoms with van der Waals surface area (Å²) in [5, 5.41) is 4.85. The van der Waals surface area contributed by atoms with Gasteiger partial charge in [-0.3, -0.25) is 14.9 Å². The fourth-order valence-electron chi connectivity index (χ4n) is 3.60. The number of piperidine rings is 1. The lowest BCUT2D eigenvalue weighted by Crippen LogP contribution is -2.49. The van der Waals surface area contributed by atoms with E-state index < -0.39 is 17.5 Å². The number of rotatable bonds is 3. The van der Waals surface area contributed by atoms with Crippen LogP contribution in [0.4, 0.5) is 4.79 Å². The number of nitrogens with two attached hydrogens (primary N) is 1. The molecule has 0 aromatic heterocycles. The molecule has 1 aromatic carbocycles. The maximum Gasteiger partial charge on any atom is 0.322 e. The van der Waals surface area contributed by atoms with E-state index in [0.717, 1.165) is 12.8 Å². The number of nitrogens with one attached hydrogen (secondary N) is 2. The average Bonchev–Trinajstić information content (AvgIpc) is 2.87. The molecule has 0 saturated carbocycles. The molecular weight excluding hydrogens is 356 g/mol. The Morgan fingerprint density at radius 1 is 1.31 bits per heavy atom. The molecule has 1 aromatic rings. The number of halogens is 1. The number of nitrogens with zero attached hydrogens (tertiary/aromatic N) is 1. The Labute approximate surface area is 159 Å². The zero-order chi connectivity index (χ0) is 18.2. The van der Waals surface area contributed by atoms with Crippen molar-refractivity contribution in [3.63, 3.8) is 0 Å². The first kappa shape index (κ1) is 20.2. The summed E-state index contributed by atoms with van der Waals surface area (Å²) in [4.78, 5) is 38.1. The maximum atomic E-state index is 12.8. The van der Waals surface area contributed by atoms with Crippen LogP contribution in [0.15, 0.2) is 24.3 Å². The van der Waals surface area contributed by atoms with E-state index in [9.17, 15) is 14.4 Å². The smallest absolute Gasteiger partial charge is 0.322 e. The molecule has 3 unspecified atom stereocenters. The van der Waals surface area contributed by atoms with Crippen LogP contribution in [-0.4, -0.2) is 41.9 Å². The molecule has 2 saturated heterocycles. The Hall–Kier alpha value is -2.12. The highest BCUT2D eigenvalue weighted by molar-refractivity contribution is 6.07. The van der Waals surface area contributed by atoms with Gasteiger partial charge in [0.2, 0.25) is 0 Å². The van der Waals surface area contributed by atoms with Crippen LogP contribution in [0.3, 0.4) is 0 Å². The van der Waals surface area contributed by atoms with Gasteiger partial charge in [0.15, 0.2) is 0 Å². The first-order valence-electron chi connectivity index (χ1n) is 8.60. The molecule has 0 bridgehead atoms. The highest BCUT2D eigenvalue weighted by Crippen LogP contribution is 2.27. The minimum Gasteiger partial charge on any atom is -0.334 e. The van der Waals surface area contributed by atoms with E-state index in [1.807, 2.05) is 4.90 Å². The number of imide groups is 1. The molecule has 4 amide bonds. The number of benzene rings is 1. The molecule has 3 rings (SSSR count). The molecule has 7 nitrogen and oxygen atoms in total. The highest BCUT2D eigenvalue weighted by atomic mass is 35.5. The molecule has 26 heavy (non-hydrogen) atoms. The van der Waals surface area contributed by atoms with Crippen LogP contribution in [-0.2, 0) is 10.3 Å². The zero-order valence-electron chi connectivity index (χ0n) is 15.0. The number of amides is 4.